The van der Waals surface area contributed by atoms with E-state index in [0.717, 1.165) is 0 Å². The van der Waals surface area contributed by atoms with Gasteiger partial charge in [-0.25, -0.2) is 0 Å². The van der Waals surface area contributed by atoms with Gasteiger partial charge in [-0.1, -0.05) is 48.0 Å². The van der Waals surface area contributed by atoms with Crippen molar-refractivity contribution in [2.45, 2.75) is 19.1 Å². The molecule has 0 aliphatic carbocycles. The first kappa shape index (κ1) is 15.0. The third-order valence-corrected chi connectivity index (χ3v) is 5.69. The minimum absolute atomic E-state index is 0.0562. The minimum Gasteiger partial charge on any atom is -0.297 e. The summed E-state index contributed by atoms with van der Waals surface area (Å²) in [6.07, 6.45) is 1.68. The third-order valence-electron chi connectivity index (χ3n) is 2.77. The van der Waals surface area contributed by atoms with Gasteiger partial charge in [-0.05, 0) is 19.9 Å². The van der Waals surface area contributed by atoms with E-state index in [-0.39, 0.29) is 11.8 Å². The van der Waals surface area contributed by atoms with Crippen molar-refractivity contribution < 1.29 is 9.59 Å². The van der Waals surface area contributed by atoms with Crippen LogP contribution < -0.4 is 0 Å². The standard InChI is InChI=1S/C11H12N2O2S4/c1-3-12-8(14)6(18-10(12)16)5-7-9(15)13(4-2)11(17)19-7/h5-6H,3-4H2,1-2H3. The van der Waals surface area contributed by atoms with Crippen LogP contribution in [-0.4, -0.2) is 48.6 Å². The van der Waals surface area contributed by atoms with Gasteiger partial charge in [0.25, 0.3) is 5.91 Å². The quantitative estimate of drug-likeness (QED) is 0.582. The first-order valence-corrected chi connectivity index (χ1v) is 8.28. The predicted octanol–water partition coefficient (Wildman–Crippen LogP) is 2.00. The highest BCUT2D eigenvalue weighted by molar-refractivity contribution is 8.27. The Hall–Kier alpha value is -0.440. The minimum atomic E-state index is -0.404. The third kappa shape index (κ3) is 2.72. The number of hydrogen-bond donors (Lipinski definition) is 0. The second-order valence-corrected chi connectivity index (χ2v) is 7.29. The largest absolute Gasteiger partial charge is 0.297 e. The van der Waals surface area contributed by atoms with Crippen molar-refractivity contribution in [2.24, 2.45) is 0 Å². The zero-order chi connectivity index (χ0) is 14.2. The average Bonchev–Trinajstić information content (AvgIpc) is 2.78. The monoisotopic (exact) mass is 332 g/mol. The molecule has 1 unspecified atom stereocenters. The number of hydrogen-bond acceptors (Lipinski definition) is 6. The molecule has 0 aromatic rings. The van der Waals surface area contributed by atoms with Crippen LogP contribution in [0.5, 0.6) is 0 Å². The second kappa shape index (κ2) is 5.90. The van der Waals surface area contributed by atoms with Gasteiger partial charge in [0, 0.05) is 13.1 Å². The molecule has 0 N–H and O–H groups in total. The van der Waals surface area contributed by atoms with E-state index in [1.807, 2.05) is 13.8 Å². The van der Waals surface area contributed by atoms with Gasteiger partial charge in [-0.3, -0.25) is 19.4 Å². The lowest BCUT2D eigenvalue weighted by molar-refractivity contribution is -0.125. The van der Waals surface area contributed by atoms with Crippen LogP contribution in [0.1, 0.15) is 13.8 Å². The van der Waals surface area contributed by atoms with E-state index < -0.39 is 5.25 Å². The molecule has 2 heterocycles. The van der Waals surface area contributed by atoms with Crippen molar-refractivity contribution in [1.82, 2.24) is 9.80 Å². The summed E-state index contributed by atoms with van der Waals surface area (Å²) in [4.78, 5) is 27.8. The van der Waals surface area contributed by atoms with E-state index >= 15 is 0 Å². The number of rotatable bonds is 3. The number of likely N-dealkylation sites (N-methyl/N-ethyl adjacent to an activating group) is 1. The van der Waals surface area contributed by atoms with Crippen molar-refractivity contribution in [2.75, 3.05) is 13.1 Å². The Labute approximate surface area is 130 Å². The Morgan fingerprint density at radius 2 is 1.79 bits per heavy atom. The van der Waals surface area contributed by atoms with Crippen LogP contribution in [0.25, 0.3) is 0 Å². The molecule has 0 aromatic heterocycles. The van der Waals surface area contributed by atoms with Gasteiger partial charge in [-0.2, -0.15) is 0 Å². The van der Waals surface area contributed by atoms with Crippen molar-refractivity contribution in [3.8, 4) is 0 Å². The molecule has 1 atom stereocenters. The highest BCUT2D eigenvalue weighted by atomic mass is 32.2. The van der Waals surface area contributed by atoms with Crippen LogP contribution in [0.2, 0.25) is 0 Å². The zero-order valence-corrected chi connectivity index (χ0v) is 13.7. The molecule has 2 amide bonds. The maximum atomic E-state index is 12.1. The van der Waals surface area contributed by atoms with Crippen LogP contribution in [0.4, 0.5) is 0 Å². The number of thiocarbonyl (C=S) groups is 2. The number of carbonyl (C=O) groups is 2. The van der Waals surface area contributed by atoms with Crippen LogP contribution in [0.15, 0.2) is 11.0 Å². The number of thioether (sulfide) groups is 2. The summed E-state index contributed by atoms with van der Waals surface area (Å²) < 4.78 is 1.11. The van der Waals surface area contributed by atoms with E-state index in [1.54, 1.807) is 11.0 Å². The Balaban J connectivity index is 2.20. The number of amides is 2. The fourth-order valence-corrected chi connectivity index (χ4v) is 4.79. The first-order valence-electron chi connectivity index (χ1n) is 5.77. The molecule has 19 heavy (non-hydrogen) atoms. The van der Waals surface area contributed by atoms with Gasteiger partial charge in [0.15, 0.2) is 0 Å². The zero-order valence-electron chi connectivity index (χ0n) is 10.4. The molecule has 0 spiro atoms. The lowest BCUT2D eigenvalue weighted by Crippen LogP contribution is -2.31. The molecule has 2 aliphatic heterocycles. The average molecular weight is 332 g/mol. The van der Waals surface area contributed by atoms with Crippen molar-refractivity contribution in [3.63, 3.8) is 0 Å². The summed E-state index contributed by atoms with van der Waals surface area (Å²) in [5, 5.41) is -0.404. The molecule has 8 heteroatoms. The van der Waals surface area contributed by atoms with Crippen LogP contribution in [0, 0.1) is 0 Å². The van der Waals surface area contributed by atoms with Crippen molar-refractivity contribution in [3.05, 3.63) is 11.0 Å². The summed E-state index contributed by atoms with van der Waals surface area (Å²) in [5.41, 5.74) is 0. The normalized spacial score (nSPS) is 26.2. The molecule has 2 saturated heterocycles. The lowest BCUT2D eigenvalue weighted by Gasteiger charge is -2.11. The smallest absolute Gasteiger partial charge is 0.265 e. The van der Waals surface area contributed by atoms with Gasteiger partial charge in [0.2, 0.25) is 5.91 Å². The summed E-state index contributed by atoms with van der Waals surface area (Å²) in [6.45, 7) is 4.86. The number of nitrogens with zero attached hydrogens (tertiary/aromatic N) is 2. The number of carbonyl (C=O) groups excluding carboxylic acids is 2. The van der Waals surface area contributed by atoms with Crippen molar-refractivity contribution in [1.29, 1.82) is 0 Å². The molecule has 0 radical (unpaired) electrons. The Kier molecular flexibility index (Phi) is 4.65. The van der Waals surface area contributed by atoms with Gasteiger partial charge >= 0.3 is 0 Å². The van der Waals surface area contributed by atoms with E-state index in [0.29, 0.717) is 26.6 Å². The molecule has 4 nitrogen and oxygen atoms in total. The van der Waals surface area contributed by atoms with Gasteiger partial charge in [-0.15, -0.1) is 0 Å². The van der Waals surface area contributed by atoms with Gasteiger partial charge in [0.1, 0.15) is 13.9 Å². The SMILES string of the molecule is CCN1C(=O)C(=CC2SC(=S)N(CC)C2=O)SC1=S. The second-order valence-electron chi connectivity index (χ2n) is 3.84. The fraction of sp³-hybridized carbons (Fsp3) is 0.455. The predicted molar refractivity (Wildman–Crippen MR) is 87.0 cm³/mol. The summed E-state index contributed by atoms with van der Waals surface area (Å²) in [6, 6.07) is 0. The summed E-state index contributed by atoms with van der Waals surface area (Å²) in [7, 11) is 0. The molecule has 0 aromatic carbocycles. The highest BCUT2D eigenvalue weighted by Gasteiger charge is 2.38. The molecular weight excluding hydrogens is 320 g/mol. The topological polar surface area (TPSA) is 40.6 Å². The van der Waals surface area contributed by atoms with E-state index in [2.05, 4.69) is 0 Å². The van der Waals surface area contributed by atoms with Crippen LogP contribution in [0.3, 0.4) is 0 Å². The Morgan fingerprint density at radius 1 is 1.16 bits per heavy atom. The Bertz CT molecular complexity index is 503. The van der Waals surface area contributed by atoms with Crippen LogP contribution >= 0.6 is 48.0 Å². The maximum absolute atomic E-state index is 12.1. The van der Waals surface area contributed by atoms with Crippen LogP contribution in [-0.2, 0) is 9.59 Å². The highest BCUT2D eigenvalue weighted by Crippen LogP contribution is 2.35. The Morgan fingerprint density at radius 3 is 2.26 bits per heavy atom. The molecule has 2 rings (SSSR count). The summed E-state index contributed by atoms with van der Waals surface area (Å²) >= 11 is 12.8. The molecule has 0 saturated carbocycles. The molecule has 0 bridgehead atoms. The van der Waals surface area contributed by atoms with E-state index in [4.69, 9.17) is 24.4 Å². The molecular formula is C11H12N2O2S4. The fourth-order valence-electron chi connectivity index (χ4n) is 1.78. The lowest BCUT2D eigenvalue weighted by atomic mass is 10.3. The van der Waals surface area contributed by atoms with E-state index in [1.165, 1.54) is 28.4 Å². The van der Waals surface area contributed by atoms with E-state index in [9.17, 15) is 9.59 Å². The van der Waals surface area contributed by atoms with Gasteiger partial charge in [0.05, 0.1) is 4.91 Å². The molecule has 2 aliphatic rings. The first-order chi connectivity index (χ1) is 8.99. The molecule has 2 fully saturated rings. The van der Waals surface area contributed by atoms with Crippen molar-refractivity contribution >= 4 is 68.4 Å². The molecule has 102 valence electrons. The summed E-state index contributed by atoms with van der Waals surface area (Å²) in [5.74, 6) is -0.175. The van der Waals surface area contributed by atoms with Gasteiger partial charge < -0.3 is 0 Å². The maximum Gasteiger partial charge on any atom is 0.265 e.